The van der Waals surface area contributed by atoms with Crippen molar-refractivity contribution in [1.82, 2.24) is 0 Å². The molecule has 0 radical (unpaired) electrons. The molecular weight excluding hydrogens is 310 g/mol. The predicted molar refractivity (Wildman–Crippen MR) is 94.9 cm³/mol. The molecule has 0 heterocycles. The third-order valence-corrected chi connectivity index (χ3v) is 3.87. The largest absolute Gasteiger partial charge is 0.493 e. The number of thioether (sulfide) groups is 1. The molecule has 23 heavy (non-hydrogen) atoms. The summed E-state index contributed by atoms with van der Waals surface area (Å²) in [5, 5.41) is 2.86. The standard InChI is InChI=1S/C18H19NO3S/c1-4-11-22-16-10-5-13(12-17(16)21-2)18(20)19-14-6-8-15(23-3)9-7-14/h4-10,12H,1,11H2,2-3H3,(H,19,20). The van der Waals surface area contributed by atoms with Gasteiger partial charge in [0.15, 0.2) is 11.5 Å². The fourth-order valence-corrected chi connectivity index (χ4v) is 2.36. The minimum atomic E-state index is -0.199. The van der Waals surface area contributed by atoms with E-state index in [9.17, 15) is 4.79 Å². The van der Waals surface area contributed by atoms with Crippen molar-refractivity contribution in [3.05, 3.63) is 60.7 Å². The number of carbonyl (C=O) groups is 1. The van der Waals surface area contributed by atoms with Gasteiger partial charge in [-0.1, -0.05) is 12.7 Å². The first kappa shape index (κ1) is 17.0. The molecule has 0 fully saturated rings. The highest BCUT2D eigenvalue weighted by Crippen LogP contribution is 2.28. The van der Waals surface area contributed by atoms with E-state index in [1.54, 1.807) is 43.1 Å². The van der Waals surface area contributed by atoms with Crippen LogP contribution in [0.25, 0.3) is 0 Å². The van der Waals surface area contributed by atoms with Gasteiger partial charge in [-0.15, -0.1) is 11.8 Å². The molecule has 2 rings (SSSR count). The van der Waals surface area contributed by atoms with Gasteiger partial charge in [0.2, 0.25) is 0 Å². The molecule has 0 aromatic heterocycles. The Kier molecular flexibility index (Phi) is 6.11. The molecule has 0 aliphatic rings. The number of nitrogens with one attached hydrogen (secondary N) is 1. The second-order valence-corrected chi connectivity index (χ2v) is 5.53. The molecule has 2 aromatic carbocycles. The molecule has 1 N–H and O–H groups in total. The van der Waals surface area contributed by atoms with Gasteiger partial charge in [0, 0.05) is 16.1 Å². The van der Waals surface area contributed by atoms with E-state index in [2.05, 4.69) is 11.9 Å². The summed E-state index contributed by atoms with van der Waals surface area (Å²) in [5.41, 5.74) is 1.25. The highest BCUT2D eigenvalue weighted by atomic mass is 32.2. The molecule has 0 saturated carbocycles. The van der Waals surface area contributed by atoms with Crippen LogP contribution in [0.3, 0.4) is 0 Å². The summed E-state index contributed by atoms with van der Waals surface area (Å²) in [4.78, 5) is 13.5. The van der Waals surface area contributed by atoms with Gasteiger partial charge in [0.1, 0.15) is 6.61 Å². The molecular formula is C18H19NO3S. The van der Waals surface area contributed by atoms with Gasteiger partial charge in [-0.25, -0.2) is 0 Å². The first-order valence-corrected chi connectivity index (χ1v) is 8.27. The van der Waals surface area contributed by atoms with Crippen LogP contribution in [0.4, 0.5) is 5.69 Å². The lowest BCUT2D eigenvalue weighted by atomic mass is 10.2. The van der Waals surface area contributed by atoms with E-state index >= 15 is 0 Å². The van der Waals surface area contributed by atoms with Gasteiger partial charge in [-0.3, -0.25) is 4.79 Å². The van der Waals surface area contributed by atoms with E-state index in [-0.39, 0.29) is 5.91 Å². The fraction of sp³-hybridized carbons (Fsp3) is 0.167. The summed E-state index contributed by atoms with van der Waals surface area (Å²) in [6.45, 7) is 3.98. The van der Waals surface area contributed by atoms with Crippen molar-refractivity contribution >= 4 is 23.4 Å². The van der Waals surface area contributed by atoms with Crippen molar-refractivity contribution < 1.29 is 14.3 Å². The number of methoxy groups -OCH3 is 1. The number of hydrogen-bond acceptors (Lipinski definition) is 4. The second kappa shape index (κ2) is 8.29. The minimum Gasteiger partial charge on any atom is -0.493 e. The van der Waals surface area contributed by atoms with Crippen molar-refractivity contribution in [2.24, 2.45) is 0 Å². The topological polar surface area (TPSA) is 47.6 Å². The first-order valence-electron chi connectivity index (χ1n) is 7.05. The molecule has 0 spiro atoms. The number of amides is 1. The van der Waals surface area contributed by atoms with Crippen LogP contribution in [0.15, 0.2) is 60.0 Å². The highest BCUT2D eigenvalue weighted by molar-refractivity contribution is 7.98. The SMILES string of the molecule is C=CCOc1ccc(C(=O)Nc2ccc(SC)cc2)cc1OC. The Morgan fingerprint density at radius 2 is 1.96 bits per heavy atom. The third kappa shape index (κ3) is 4.53. The minimum absolute atomic E-state index is 0.199. The van der Waals surface area contributed by atoms with Gasteiger partial charge >= 0.3 is 0 Å². The van der Waals surface area contributed by atoms with Gasteiger partial charge in [0.05, 0.1) is 7.11 Å². The number of anilines is 1. The summed E-state index contributed by atoms with van der Waals surface area (Å²) >= 11 is 1.66. The number of hydrogen-bond donors (Lipinski definition) is 1. The van der Waals surface area contributed by atoms with Gasteiger partial charge < -0.3 is 14.8 Å². The summed E-state index contributed by atoms with van der Waals surface area (Å²) in [5.74, 6) is 0.890. The summed E-state index contributed by atoms with van der Waals surface area (Å²) in [6, 6.07) is 12.8. The molecule has 0 aliphatic carbocycles. The molecule has 2 aromatic rings. The molecule has 0 unspecified atom stereocenters. The fourth-order valence-electron chi connectivity index (χ4n) is 1.95. The molecule has 1 amide bonds. The Balaban J connectivity index is 2.13. The smallest absolute Gasteiger partial charge is 0.255 e. The lowest BCUT2D eigenvalue weighted by Gasteiger charge is -2.11. The van der Waals surface area contributed by atoms with E-state index in [0.717, 1.165) is 10.6 Å². The molecule has 4 nitrogen and oxygen atoms in total. The predicted octanol–water partition coefficient (Wildman–Crippen LogP) is 4.23. The normalized spacial score (nSPS) is 10.0. The van der Waals surface area contributed by atoms with Crippen molar-refractivity contribution in [2.45, 2.75) is 4.90 Å². The zero-order valence-corrected chi connectivity index (χ0v) is 14.0. The molecule has 0 aliphatic heterocycles. The number of carbonyl (C=O) groups excluding carboxylic acids is 1. The Morgan fingerprint density at radius 3 is 2.57 bits per heavy atom. The molecule has 120 valence electrons. The monoisotopic (exact) mass is 329 g/mol. The Morgan fingerprint density at radius 1 is 1.22 bits per heavy atom. The lowest BCUT2D eigenvalue weighted by molar-refractivity contribution is 0.102. The van der Waals surface area contributed by atoms with Crippen molar-refractivity contribution in [2.75, 3.05) is 25.3 Å². The highest BCUT2D eigenvalue weighted by Gasteiger charge is 2.11. The third-order valence-electron chi connectivity index (χ3n) is 3.13. The molecule has 0 atom stereocenters. The number of rotatable bonds is 7. The molecule has 5 heteroatoms. The Hall–Kier alpha value is -2.40. The van der Waals surface area contributed by atoms with E-state index in [1.165, 1.54) is 0 Å². The maximum absolute atomic E-state index is 12.3. The number of ether oxygens (including phenoxy) is 2. The van der Waals surface area contributed by atoms with Crippen molar-refractivity contribution in [3.8, 4) is 11.5 Å². The van der Waals surface area contributed by atoms with Crippen LogP contribution < -0.4 is 14.8 Å². The average Bonchev–Trinajstić information content (AvgIpc) is 2.60. The maximum atomic E-state index is 12.3. The van der Waals surface area contributed by atoms with E-state index in [1.807, 2.05) is 30.5 Å². The van der Waals surface area contributed by atoms with Gasteiger partial charge in [-0.05, 0) is 48.7 Å². The van der Waals surface area contributed by atoms with Crippen LogP contribution in [0, 0.1) is 0 Å². The van der Waals surface area contributed by atoms with Gasteiger partial charge in [-0.2, -0.15) is 0 Å². The van der Waals surface area contributed by atoms with E-state index in [0.29, 0.717) is 23.7 Å². The van der Waals surface area contributed by atoms with Crippen LogP contribution in [0.1, 0.15) is 10.4 Å². The average molecular weight is 329 g/mol. The zero-order chi connectivity index (χ0) is 16.7. The molecule has 0 saturated heterocycles. The van der Waals surface area contributed by atoms with Crippen LogP contribution in [-0.4, -0.2) is 25.9 Å². The number of benzene rings is 2. The van der Waals surface area contributed by atoms with Gasteiger partial charge in [0.25, 0.3) is 5.91 Å². The second-order valence-electron chi connectivity index (χ2n) is 4.65. The summed E-state index contributed by atoms with van der Waals surface area (Å²) in [6.07, 6.45) is 3.66. The van der Waals surface area contributed by atoms with Crippen LogP contribution in [0.2, 0.25) is 0 Å². The Bertz CT molecular complexity index is 683. The lowest BCUT2D eigenvalue weighted by Crippen LogP contribution is -2.12. The summed E-state index contributed by atoms with van der Waals surface area (Å²) in [7, 11) is 1.54. The summed E-state index contributed by atoms with van der Waals surface area (Å²) < 4.78 is 10.8. The molecule has 0 bridgehead atoms. The van der Waals surface area contributed by atoms with Crippen LogP contribution in [0.5, 0.6) is 11.5 Å². The van der Waals surface area contributed by atoms with Crippen LogP contribution in [-0.2, 0) is 0 Å². The first-order chi connectivity index (χ1) is 11.2. The Labute approximate surface area is 140 Å². The van der Waals surface area contributed by atoms with Crippen molar-refractivity contribution in [1.29, 1.82) is 0 Å². The van der Waals surface area contributed by atoms with E-state index < -0.39 is 0 Å². The van der Waals surface area contributed by atoms with Crippen molar-refractivity contribution in [3.63, 3.8) is 0 Å². The maximum Gasteiger partial charge on any atom is 0.255 e. The van der Waals surface area contributed by atoms with Crippen LogP contribution >= 0.6 is 11.8 Å². The van der Waals surface area contributed by atoms with E-state index in [4.69, 9.17) is 9.47 Å². The zero-order valence-electron chi connectivity index (χ0n) is 13.2. The quantitative estimate of drug-likeness (QED) is 0.610.